The minimum absolute atomic E-state index is 0.139. The third-order valence-electron chi connectivity index (χ3n) is 2.79. The van der Waals surface area contributed by atoms with Crippen LogP contribution in [0.3, 0.4) is 0 Å². The first kappa shape index (κ1) is 17.4. The zero-order valence-corrected chi connectivity index (χ0v) is 13.1. The van der Waals surface area contributed by atoms with Gasteiger partial charge in [0.2, 0.25) is 10.0 Å². The van der Waals surface area contributed by atoms with Crippen molar-refractivity contribution in [3.05, 3.63) is 24.3 Å². The Morgan fingerprint density at radius 1 is 1.24 bits per heavy atom. The molecule has 0 aliphatic heterocycles. The van der Waals surface area contributed by atoms with Crippen LogP contribution in [0.15, 0.2) is 29.2 Å². The van der Waals surface area contributed by atoms with Gasteiger partial charge in [-0.15, -0.1) is 0 Å². The summed E-state index contributed by atoms with van der Waals surface area (Å²) < 4.78 is 36.5. The van der Waals surface area contributed by atoms with Crippen molar-refractivity contribution in [1.29, 1.82) is 5.26 Å². The second-order valence-electron chi connectivity index (χ2n) is 4.21. The van der Waals surface area contributed by atoms with Gasteiger partial charge in [0.1, 0.15) is 5.75 Å². The maximum atomic E-state index is 12.5. The Kier molecular flexibility index (Phi) is 7.15. The van der Waals surface area contributed by atoms with Gasteiger partial charge in [0.05, 0.1) is 24.2 Å². The molecule has 0 bridgehead atoms. The molecule has 1 rings (SSSR count). The molecule has 21 heavy (non-hydrogen) atoms. The molecule has 0 fully saturated rings. The van der Waals surface area contributed by atoms with Crippen molar-refractivity contribution in [2.45, 2.75) is 18.2 Å². The maximum Gasteiger partial charge on any atom is 0.243 e. The minimum Gasteiger partial charge on any atom is -0.494 e. The molecule has 0 aliphatic carbocycles. The van der Waals surface area contributed by atoms with Crippen molar-refractivity contribution in [1.82, 2.24) is 4.31 Å². The largest absolute Gasteiger partial charge is 0.494 e. The molecule has 0 saturated carbocycles. The molecular weight excluding hydrogens is 292 g/mol. The third kappa shape index (κ3) is 5.01. The van der Waals surface area contributed by atoms with Crippen LogP contribution in [0.25, 0.3) is 0 Å². The molecule has 0 heterocycles. The predicted octanol–water partition coefficient (Wildman–Crippen LogP) is 1.64. The number of benzene rings is 1. The number of methoxy groups -OCH3 is 1. The molecule has 1 aromatic rings. The SMILES string of the molecule is CCOc1ccc(S(=O)(=O)N(CCC#N)CCOC)cc1. The summed E-state index contributed by atoms with van der Waals surface area (Å²) in [6, 6.07) is 8.21. The highest BCUT2D eigenvalue weighted by molar-refractivity contribution is 7.89. The van der Waals surface area contributed by atoms with Gasteiger partial charge in [-0.25, -0.2) is 8.42 Å². The summed E-state index contributed by atoms with van der Waals surface area (Å²) in [5, 5.41) is 8.65. The summed E-state index contributed by atoms with van der Waals surface area (Å²) >= 11 is 0. The topological polar surface area (TPSA) is 79.6 Å². The Morgan fingerprint density at radius 2 is 1.90 bits per heavy atom. The van der Waals surface area contributed by atoms with E-state index in [0.29, 0.717) is 12.4 Å². The molecule has 7 heteroatoms. The zero-order chi connectivity index (χ0) is 15.7. The van der Waals surface area contributed by atoms with Crippen LogP contribution in [0.5, 0.6) is 5.75 Å². The second-order valence-corrected chi connectivity index (χ2v) is 6.15. The van der Waals surface area contributed by atoms with E-state index >= 15 is 0 Å². The molecule has 0 atom stereocenters. The highest BCUT2D eigenvalue weighted by Gasteiger charge is 2.23. The number of hydrogen-bond donors (Lipinski definition) is 0. The molecule has 0 aliphatic rings. The van der Waals surface area contributed by atoms with Gasteiger partial charge in [0.15, 0.2) is 0 Å². The van der Waals surface area contributed by atoms with Crippen LogP contribution >= 0.6 is 0 Å². The Labute approximate surface area is 125 Å². The van der Waals surface area contributed by atoms with Gasteiger partial charge < -0.3 is 9.47 Å². The summed E-state index contributed by atoms with van der Waals surface area (Å²) in [4.78, 5) is 0.181. The molecule has 6 nitrogen and oxygen atoms in total. The maximum absolute atomic E-state index is 12.5. The molecule has 0 unspecified atom stereocenters. The molecule has 1 aromatic carbocycles. The van der Waals surface area contributed by atoms with E-state index in [0.717, 1.165) is 0 Å². The fourth-order valence-corrected chi connectivity index (χ4v) is 3.17. The zero-order valence-electron chi connectivity index (χ0n) is 12.3. The lowest BCUT2D eigenvalue weighted by Crippen LogP contribution is -2.34. The molecule has 0 spiro atoms. The Balaban J connectivity index is 2.95. The fourth-order valence-electron chi connectivity index (χ4n) is 1.74. The van der Waals surface area contributed by atoms with Crippen molar-refractivity contribution in [2.75, 3.05) is 33.4 Å². The van der Waals surface area contributed by atoms with E-state index in [2.05, 4.69) is 0 Å². The number of rotatable bonds is 9. The first-order chi connectivity index (χ1) is 10.1. The van der Waals surface area contributed by atoms with E-state index in [9.17, 15) is 8.42 Å². The van der Waals surface area contributed by atoms with Gasteiger partial charge in [-0.2, -0.15) is 9.57 Å². The molecule has 0 amide bonds. The average molecular weight is 312 g/mol. The van der Waals surface area contributed by atoms with Crippen molar-refractivity contribution < 1.29 is 17.9 Å². The van der Waals surface area contributed by atoms with Crippen LogP contribution < -0.4 is 4.74 Å². The Bertz CT molecular complexity index is 564. The van der Waals surface area contributed by atoms with Gasteiger partial charge >= 0.3 is 0 Å². The van der Waals surface area contributed by atoms with Crippen LogP contribution in [0.4, 0.5) is 0 Å². The van der Waals surface area contributed by atoms with E-state index in [1.54, 1.807) is 12.1 Å². The van der Waals surface area contributed by atoms with E-state index in [-0.39, 0.29) is 31.0 Å². The lowest BCUT2D eigenvalue weighted by molar-refractivity contribution is 0.179. The van der Waals surface area contributed by atoms with Gasteiger partial charge in [0, 0.05) is 26.6 Å². The summed E-state index contributed by atoms with van der Waals surface area (Å²) in [6.45, 7) is 3.03. The van der Waals surface area contributed by atoms with E-state index < -0.39 is 10.0 Å². The monoisotopic (exact) mass is 312 g/mol. The summed E-state index contributed by atoms with van der Waals surface area (Å²) in [5.41, 5.74) is 0. The highest BCUT2D eigenvalue weighted by atomic mass is 32.2. The molecular formula is C14H20N2O4S. The van der Waals surface area contributed by atoms with Gasteiger partial charge in [-0.1, -0.05) is 0 Å². The van der Waals surface area contributed by atoms with Gasteiger partial charge in [-0.05, 0) is 31.2 Å². The first-order valence-electron chi connectivity index (χ1n) is 6.65. The summed E-state index contributed by atoms with van der Waals surface area (Å²) in [7, 11) is -2.12. The van der Waals surface area contributed by atoms with Crippen molar-refractivity contribution in [3.8, 4) is 11.8 Å². The highest BCUT2D eigenvalue weighted by Crippen LogP contribution is 2.19. The van der Waals surface area contributed by atoms with Crippen LogP contribution in [0.1, 0.15) is 13.3 Å². The summed E-state index contributed by atoms with van der Waals surface area (Å²) in [6.07, 6.45) is 0.139. The number of nitrogens with zero attached hydrogens (tertiary/aromatic N) is 2. The van der Waals surface area contributed by atoms with Crippen molar-refractivity contribution >= 4 is 10.0 Å². The number of hydrogen-bond acceptors (Lipinski definition) is 5. The average Bonchev–Trinajstić information content (AvgIpc) is 2.48. The molecule has 0 saturated heterocycles. The third-order valence-corrected chi connectivity index (χ3v) is 4.70. The standard InChI is InChI=1S/C14H20N2O4S/c1-3-20-13-5-7-14(8-6-13)21(17,18)16(10-4-9-15)11-12-19-2/h5-8H,3-4,10-12H2,1-2H3. The van der Waals surface area contributed by atoms with Crippen LogP contribution in [-0.4, -0.2) is 46.1 Å². The summed E-state index contributed by atoms with van der Waals surface area (Å²) in [5.74, 6) is 0.622. The normalized spacial score (nSPS) is 11.3. The lowest BCUT2D eigenvalue weighted by atomic mass is 10.3. The minimum atomic E-state index is -3.63. The van der Waals surface area contributed by atoms with Gasteiger partial charge in [0.25, 0.3) is 0 Å². The quantitative estimate of drug-likeness (QED) is 0.692. The predicted molar refractivity (Wildman–Crippen MR) is 78.5 cm³/mol. The molecule has 0 radical (unpaired) electrons. The van der Waals surface area contributed by atoms with Gasteiger partial charge in [-0.3, -0.25) is 0 Å². The Hall–Kier alpha value is -1.62. The van der Waals surface area contributed by atoms with Crippen LogP contribution in [0, 0.1) is 11.3 Å². The van der Waals surface area contributed by atoms with Crippen molar-refractivity contribution in [3.63, 3.8) is 0 Å². The Morgan fingerprint density at radius 3 is 2.43 bits per heavy atom. The van der Waals surface area contributed by atoms with E-state index in [4.69, 9.17) is 14.7 Å². The smallest absolute Gasteiger partial charge is 0.243 e. The van der Waals surface area contributed by atoms with E-state index in [1.165, 1.54) is 23.5 Å². The molecule has 0 N–H and O–H groups in total. The molecule has 0 aromatic heterocycles. The number of nitriles is 1. The molecule has 116 valence electrons. The second kappa shape index (κ2) is 8.62. The van der Waals surface area contributed by atoms with Crippen molar-refractivity contribution in [2.24, 2.45) is 0 Å². The number of ether oxygens (including phenoxy) is 2. The fraction of sp³-hybridized carbons (Fsp3) is 0.500. The first-order valence-corrected chi connectivity index (χ1v) is 8.09. The number of sulfonamides is 1. The van der Waals surface area contributed by atoms with E-state index in [1.807, 2.05) is 13.0 Å². The van der Waals surface area contributed by atoms with Crippen LogP contribution in [-0.2, 0) is 14.8 Å². The lowest BCUT2D eigenvalue weighted by Gasteiger charge is -2.20. The van der Waals surface area contributed by atoms with Crippen LogP contribution in [0.2, 0.25) is 0 Å².